The summed E-state index contributed by atoms with van der Waals surface area (Å²) in [7, 11) is 0. The Labute approximate surface area is 106 Å². The Bertz CT molecular complexity index is 546. The van der Waals surface area contributed by atoms with Crippen LogP contribution in [0.4, 0.5) is 5.69 Å². The van der Waals surface area contributed by atoms with Crippen molar-refractivity contribution >= 4 is 22.4 Å². The Morgan fingerprint density at radius 1 is 1.22 bits per heavy atom. The maximum absolute atomic E-state index is 10.7. The van der Waals surface area contributed by atoms with Crippen molar-refractivity contribution in [3.8, 4) is 0 Å². The van der Waals surface area contributed by atoms with Crippen LogP contribution < -0.4 is 5.32 Å². The van der Waals surface area contributed by atoms with Crippen molar-refractivity contribution in [1.29, 1.82) is 0 Å². The summed E-state index contributed by atoms with van der Waals surface area (Å²) in [5.74, 6) is -1.05. The van der Waals surface area contributed by atoms with E-state index in [4.69, 9.17) is 5.11 Å². The molecule has 0 aliphatic heterocycles. The number of nitrogens with one attached hydrogen (secondary N) is 1. The summed E-state index contributed by atoms with van der Waals surface area (Å²) in [6.45, 7) is 2.40. The van der Waals surface area contributed by atoms with Crippen LogP contribution in [-0.2, 0) is 4.79 Å². The van der Waals surface area contributed by atoms with Gasteiger partial charge in [0.1, 0.15) is 0 Å². The number of carbonyl (C=O) groups is 1. The van der Waals surface area contributed by atoms with E-state index in [2.05, 4.69) is 23.5 Å². The lowest BCUT2D eigenvalue weighted by Crippen LogP contribution is -2.14. The van der Waals surface area contributed by atoms with Crippen LogP contribution in [0.5, 0.6) is 0 Å². The quantitative estimate of drug-likeness (QED) is 0.846. The van der Waals surface area contributed by atoms with Gasteiger partial charge < -0.3 is 10.4 Å². The average Bonchev–Trinajstić information content (AvgIpc) is 2.38. The molecule has 0 fully saturated rings. The van der Waals surface area contributed by atoms with Gasteiger partial charge in [-0.1, -0.05) is 43.3 Å². The molecule has 2 aromatic rings. The zero-order chi connectivity index (χ0) is 13.0. The molecule has 0 aliphatic rings. The van der Waals surface area contributed by atoms with E-state index in [0.717, 1.165) is 5.69 Å². The van der Waals surface area contributed by atoms with E-state index < -0.39 is 5.97 Å². The molecule has 0 aromatic heterocycles. The minimum atomic E-state index is -0.741. The van der Waals surface area contributed by atoms with E-state index >= 15 is 0 Å². The lowest BCUT2D eigenvalue weighted by atomic mass is 10.1. The number of hydrogen-bond donors (Lipinski definition) is 2. The highest BCUT2D eigenvalue weighted by Crippen LogP contribution is 2.22. The third-order valence-corrected chi connectivity index (χ3v) is 3.10. The van der Waals surface area contributed by atoms with Gasteiger partial charge in [-0.3, -0.25) is 4.79 Å². The van der Waals surface area contributed by atoms with Crippen LogP contribution in [0, 0.1) is 5.92 Å². The largest absolute Gasteiger partial charge is 0.481 e. The Hall–Kier alpha value is -2.03. The molecule has 0 spiro atoms. The van der Waals surface area contributed by atoms with Gasteiger partial charge in [-0.05, 0) is 17.9 Å². The molecule has 94 valence electrons. The molecule has 0 saturated carbocycles. The first kappa shape index (κ1) is 12.4. The summed E-state index contributed by atoms with van der Waals surface area (Å²) in [6.07, 6.45) is 0.624. The third kappa shape index (κ3) is 2.80. The van der Waals surface area contributed by atoms with E-state index in [1.807, 2.05) is 24.3 Å². The minimum Gasteiger partial charge on any atom is -0.481 e. The summed E-state index contributed by atoms with van der Waals surface area (Å²) < 4.78 is 0. The van der Waals surface area contributed by atoms with Crippen molar-refractivity contribution in [3.63, 3.8) is 0 Å². The molecule has 1 atom stereocenters. The molecule has 1 unspecified atom stereocenters. The maximum atomic E-state index is 10.7. The van der Waals surface area contributed by atoms with Crippen LogP contribution in [0.25, 0.3) is 10.8 Å². The van der Waals surface area contributed by atoms with Gasteiger partial charge in [-0.15, -0.1) is 0 Å². The van der Waals surface area contributed by atoms with E-state index in [0.29, 0.717) is 13.0 Å². The topological polar surface area (TPSA) is 49.3 Å². The summed E-state index contributed by atoms with van der Waals surface area (Å²) in [4.78, 5) is 10.7. The first-order valence-corrected chi connectivity index (χ1v) is 6.13. The number of fused-ring (bicyclic) bond motifs is 1. The van der Waals surface area contributed by atoms with Gasteiger partial charge in [0.15, 0.2) is 0 Å². The van der Waals surface area contributed by atoms with Crippen molar-refractivity contribution < 1.29 is 9.90 Å². The predicted octanol–water partition coefficient (Wildman–Crippen LogP) is 3.36. The number of aliphatic carboxylic acids is 1. The smallest absolute Gasteiger partial charge is 0.306 e. The minimum absolute atomic E-state index is 0.313. The average molecular weight is 243 g/mol. The zero-order valence-corrected chi connectivity index (χ0v) is 10.4. The lowest BCUT2D eigenvalue weighted by molar-refractivity contribution is -0.141. The summed E-state index contributed by atoms with van der Waals surface area (Å²) in [6, 6.07) is 14.3. The van der Waals surface area contributed by atoms with Gasteiger partial charge in [0.2, 0.25) is 0 Å². The van der Waals surface area contributed by atoms with E-state index in [-0.39, 0.29) is 5.92 Å². The van der Waals surface area contributed by atoms with E-state index in [1.54, 1.807) is 6.92 Å². The number of benzene rings is 2. The molecule has 0 saturated heterocycles. The normalized spacial score (nSPS) is 12.3. The van der Waals surface area contributed by atoms with Crippen molar-refractivity contribution in [2.24, 2.45) is 5.92 Å². The Morgan fingerprint density at radius 3 is 2.72 bits per heavy atom. The summed E-state index contributed by atoms with van der Waals surface area (Å²) >= 11 is 0. The van der Waals surface area contributed by atoms with Crippen LogP contribution in [0.2, 0.25) is 0 Å². The van der Waals surface area contributed by atoms with Gasteiger partial charge in [-0.25, -0.2) is 0 Å². The van der Waals surface area contributed by atoms with Crippen LogP contribution in [-0.4, -0.2) is 17.6 Å². The first-order chi connectivity index (χ1) is 8.68. The fourth-order valence-corrected chi connectivity index (χ4v) is 1.93. The molecule has 0 aliphatic carbocycles. The fourth-order valence-electron chi connectivity index (χ4n) is 1.93. The summed E-state index contributed by atoms with van der Waals surface area (Å²) in [5.41, 5.74) is 1.06. The van der Waals surface area contributed by atoms with Gasteiger partial charge >= 0.3 is 5.97 Å². The second-order valence-electron chi connectivity index (χ2n) is 4.48. The molecule has 3 nitrogen and oxygen atoms in total. The summed E-state index contributed by atoms with van der Waals surface area (Å²) in [5, 5.41) is 14.5. The van der Waals surface area contributed by atoms with Gasteiger partial charge in [0, 0.05) is 17.6 Å². The molecule has 2 rings (SSSR count). The number of hydrogen-bond acceptors (Lipinski definition) is 2. The second kappa shape index (κ2) is 5.54. The molecule has 0 amide bonds. The van der Waals surface area contributed by atoms with Crippen molar-refractivity contribution in [2.45, 2.75) is 13.3 Å². The van der Waals surface area contributed by atoms with Crippen molar-refractivity contribution in [1.82, 2.24) is 0 Å². The van der Waals surface area contributed by atoms with Crippen molar-refractivity contribution in [3.05, 3.63) is 42.5 Å². The Morgan fingerprint density at radius 2 is 1.94 bits per heavy atom. The molecule has 0 radical (unpaired) electrons. The fraction of sp³-hybridized carbons (Fsp3) is 0.267. The molecule has 3 heteroatoms. The number of carboxylic acids is 1. The highest BCUT2D eigenvalue weighted by Gasteiger charge is 2.09. The lowest BCUT2D eigenvalue weighted by Gasteiger charge is -2.11. The van der Waals surface area contributed by atoms with Crippen LogP contribution in [0.15, 0.2) is 42.5 Å². The highest BCUT2D eigenvalue weighted by atomic mass is 16.4. The second-order valence-corrected chi connectivity index (χ2v) is 4.48. The van der Waals surface area contributed by atoms with E-state index in [9.17, 15) is 4.79 Å². The van der Waals surface area contributed by atoms with Crippen LogP contribution >= 0.6 is 0 Å². The number of anilines is 1. The number of rotatable bonds is 5. The molecule has 2 aromatic carbocycles. The predicted molar refractivity (Wildman–Crippen MR) is 73.9 cm³/mol. The molecule has 0 heterocycles. The SMILES string of the molecule is CC(CCNc1cccc2ccccc12)C(=O)O. The van der Waals surface area contributed by atoms with Gasteiger partial charge in [0.25, 0.3) is 0 Å². The molecule has 18 heavy (non-hydrogen) atoms. The Balaban J connectivity index is 2.06. The standard InChI is InChI=1S/C15H17NO2/c1-11(15(17)18)9-10-16-14-8-4-6-12-5-2-3-7-13(12)14/h2-8,11,16H,9-10H2,1H3,(H,17,18). The van der Waals surface area contributed by atoms with Crippen LogP contribution in [0.1, 0.15) is 13.3 Å². The van der Waals surface area contributed by atoms with Crippen LogP contribution in [0.3, 0.4) is 0 Å². The molecular formula is C15H17NO2. The molecule has 0 bridgehead atoms. The monoisotopic (exact) mass is 243 g/mol. The van der Waals surface area contributed by atoms with E-state index in [1.165, 1.54) is 10.8 Å². The maximum Gasteiger partial charge on any atom is 0.306 e. The number of carboxylic acid groups (broad SMARTS) is 1. The highest BCUT2D eigenvalue weighted by molar-refractivity contribution is 5.93. The van der Waals surface area contributed by atoms with Crippen molar-refractivity contribution in [2.75, 3.05) is 11.9 Å². The van der Waals surface area contributed by atoms with Gasteiger partial charge in [-0.2, -0.15) is 0 Å². The molecular weight excluding hydrogens is 226 g/mol. The van der Waals surface area contributed by atoms with Gasteiger partial charge in [0.05, 0.1) is 5.92 Å². The Kier molecular flexibility index (Phi) is 3.82. The molecule has 2 N–H and O–H groups in total. The first-order valence-electron chi connectivity index (χ1n) is 6.13. The third-order valence-electron chi connectivity index (χ3n) is 3.10. The zero-order valence-electron chi connectivity index (χ0n) is 10.4.